The van der Waals surface area contributed by atoms with Crippen LogP contribution in [0.2, 0.25) is 0 Å². The van der Waals surface area contributed by atoms with Crippen molar-refractivity contribution in [2.24, 2.45) is 0 Å². The number of allylic oxidation sites excluding steroid dienone is 20. The van der Waals surface area contributed by atoms with Crippen molar-refractivity contribution in [3.63, 3.8) is 0 Å². The maximum atomic E-state index is 12.9. The van der Waals surface area contributed by atoms with Gasteiger partial charge in [-0.25, -0.2) is 0 Å². The Hall–Kier alpha value is -4.19. The molecule has 0 aliphatic rings. The van der Waals surface area contributed by atoms with E-state index in [1.54, 1.807) is 0 Å². The topological polar surface area (TPSA) is 78.9 Å². The predicted octanol–water partition coefficient (Wildman–Crippen LogP) is 23.2. The van der Waals surface area contributed by atoms with Crippen LogP contribution in [0.5, 0.6) is 0 Å². The van der Waals surface area contributed by atoms with E-state index >= 15 is 0 Å². The Morgan fingerprint density at radius 3 is 0.800 bits per heavy atom. The van der Waals surface area contributed by atoms with Crippen molar-refractivity contribution in [2.75, 3.05) is 13.2 Å². The van der Waals surface area contributed by atoms with E-state index in [1.165, 1.54) is 141 Å². The van der Waals surface area contributed by atoms with Gasteiger partial charge in [0.1, 0.15) is 13.2 Å². The molecule has 0 bridgehead atoms. The summed E-state index contributed by atoms with van der Waals surface area (Å²) >= 11 is 0. The van der Waals surface area contributed by atoms with Crippen LogP contribution < -0.4 is 0 Å². The lowest BCUT2D eigenvalue weighted by molar-refractivity contribution is -0.167. The number of ether oxygens (including phenoxy) is 3. The third-order valence-electron chi connectivity index (χ3n) is 14.2. The fraction of sp³-hybridized carbons (Fsp3) is 0.689. The minimum absolute atomic E-state index is 0.0878. The highest BCUT2D eigenvalue weighted by atomic mass is 16.6. The summed E-state index contributed by atoms with van der Waals surface area (Å²) in [5.41, 5.74) is 0. The molecule has 0 heterocycles. The third kappa shape index (κ3) is 64.6. The van der Waals surface area contributed by atoms with Crippen LogP contribution in [0.3, 0.4) is 0 Å². The number of rotatable bonds is 60. The van der Waals surface area contributed by atoms with Crippen molar-refractivity contribution in [3.8, 4) is 0 Å². The number of hydrogen-bond acceptors (Lipinski definition) is 6. The highest BCUT2D eigenvalue weighted by Crippen LogP contribution is 2.15. The summed E-state index contributed by atoms with van der Waals surface area (Å²) in [6.45, 7) is 6.49. The number of hydrogen-bond donors (Lipinski definition) is 0. The maximum Gasteiger partial charge on any atom is 0.306 e. The molecular formula is C74H124O6. The standard InChI is InChI=1S/C74H124O6/c1-4-7-10-13-16-19-22-25-28-30-31-32-33-34-35-36-37-38-39-40-41-42-43-45-46-49-52-55-58-61-64-67-73(76)79-70-71(69-78-72(75)66-63-60-57-54-51-48-27-24-21-18-15-12-9-6-3)80-74(77)68-65-62-59-56-53-50-47-44-29-26-23-20-17-14-11-8-5-2/h7,10,16-17,19-20,24-29,31-32,34-35,37-38,40-41,71H,4-6,8-9,11-15,18,21-23,30,33,36,39,42-70H2,1-3H3/b10-7-,19-16-,20-17-,27-24-,28-25-,29-26-,32-31-,35-34-,38-37-,41-40-. The molecule has 1 unspecified atom stereocenters. The van der Waals surface area contributed by atoms with Crippen molar-refractivity contribution in [3.05, 3.63) is 122 Å². The number of carbonyl (C=O) groups excluding carboxylic acids is 3. The van der Waals surface area contributed by atoms with Gasteiger partial charge >= 0.3 is 17.9 Å². The molecule has 0 amide bonds. The molecule has 80 heavy (non-hydrogen) atoms. The first-order valence-corrected chi connectivity index (χ1v) is 33.5. The lowest BCUT2D eigenvalue weighted by Crippen LogP contribution is -2.30. The molecule has 0 fully saturated rings. The maximum absolute atomic E-state index is 12.9. The van der Waals surface area contributed by atoms with Crippen LogP contribution in [0.25, 0.3) is 0 Å². The van der Waals surface area contributed by atoms with Gasteiger partial charge in [0.15, 0.2) is 6.10 Å². The quantitative estimate of drug-likeness (QED) is 0.0261. The Balaban J connectivity index is 4.31. The van der Waals surface area contributed by atoms with Gasteiger partial charge in [0.25, 0.3) is 0 Å². The Kier molecular flexibility index (Phi) is 63.8. The van der Waals surface area contributed by atoms with E-state index in [2.05, 4.69) is 142 Å². The SMILES string of the molecule is CC/C=C\C/C=C\C/C=C\C/C=C\C/C=C\C/C=C\C/C=C\CCCCCCCCCCCC(=O)OCC(COC(=O)CCCCCCC/C=C\CCCCCCC)OC(=O)CCCCCCCCC/C=C\C/C=C\CCCCC. The molecule has 6 nitrogen and oxygen atoms in total. The number of unbranched alkanes of at least 4 members (excludes halogenated alkanes) is 29. The van der Waals surface area contributed by atoms with Gasteiger partial charge < -0.3 is 14.2 Å². The number of carbonyl (C=O) groups is 3. The zero-order valence-corrected chi connectivity index (χ0v) is 52.3. The summed E-state index contributed by atoms with van der Waals surface area (Å²) in [5, 5.41) is 0. The van der Waals surface area contributed by atoms with E-state index in [0.717, 1.165) is 128 Å². The molecule has 0 rings (SSSR count). The molecule has 0 spiro atoms. The third-order valence-corrected chi connectivity index (χ3v) is 14.2. The van der Waals surface area contributed by atoms with Crippen LogP contribution in [-0.2, 0) is 28.6 Å². The first-order valence-electron chi connectivity index (χ1n) is 33.5. The molecule has 0 N–H and O–H groups in total. The summed E-state index contributed by atoms with van der Waals surface area (Å²) < 4.78 is 16.9. The molecule has 1 atom stereocenters. The van der Waals surface area contributed by atoms with Crippen LogP contribution in [-0.4, -0.2) is 37.2 Å². The molecule has 0 aromatic rings. The molecule has 0 aromatic carbocycles. The Morgan fingerprint density at radius 1 is 0.263 bits per heavy atom. The molecule has 0 saturated carbocycles. The molecular weight excluding hydrogens is 985 g/mol. The Bertz CT molecular complexity index is 1650. The fourth-order valence-corrected chi connectivity index (χ4v) is 9.15. The normalized spacial score (nSPS) is 12.9. The number of esters is 3. The molecule has 0 aromatic heterocycles. The van der Waals surface area contributed by atoms with E-state index in [0.29, 0.717) is 19.3 Å². The van der Waals surface area contributed by atoms with E-state index in [1.807, 2.05) is 0 Å². The van der Waals surface area contributed by atoms with Crippen molar-refractivity contribution >= 4 is 17.9 Å². The highest BCUT2D eigenvalue weighted by molar-refractivity contribution is 5.71. The van der Waals surface area contributed by atoms with Gasteiger partial charge in [-0.2, -0.15) is 0 Å². The molecule has 0 saturated heterocycles. The molecule has 456 valence electrons. The van der Waals surface area contributed by atoms with Crippen molar-refractivity contribution in [2.45, 2.75) is 316 Å². The second-order valence-corrected chi connectivity index (χ2v) is 22.0. The van der Waals surface area contributed by atoms with Crippen molar-refractivity contribution < 1.29 is 28.6 Å². The van der Waals surface area contributed by atoms with Gasteiger partial charge in [0, 0.05) is 19.3 Å². The van der Waals surface area contributed by atoms with Crippen LogP contribution in [0.15, 0.2) is 122 Å². The molecule has 0 aliphatic carbocycles. The summed E-state index contributed by atoms with van der Waals surface area (Å²) in [5.74, 6) is -0.903. The minimum atomic E-state index is -0.792. The monoisotopic (exact) mass is 1110 g/mol. The summed E-state index contributed by atoms with van der Waals surface area (Å²) in [6.07, 6.45) is 93.5. The Labute approximate surface area is 494 Å². The highest BCUT2D eigenvalue weighted by Gasteiger charge is 2.19. The predicted molar refractivity (Wildman–Crippen MR) is 348 cm³/mol. The smallest absolute Gasteiger partial charge is 0.306 e. The summed E-state index contributed by atoms with van der Waals surface area (Å²) in [7, 11) is 0. The fourth-order valence-electron chi connectivity index (χ4n) is 9.15. The van der Waals surface area contributed by atoms with Gasteiger partial charge in [-0.3, -0.25) is 14.4 Å². The van der Waals surface area contributed by atoms with Gasteiger partial charge in [0.05, 0.1) is 0 Å². The molecule has 6 heteroatoms. The molecule has 0 aliphatic heterocycles. The van der Waals surface area contributed by atoms with Gasteiger partial charge in [-0.1, -0.05) is 277 Å². The van der Waals surface area contributed by atoms with Gasteiger partial charge in [-0.05, 0) is 135 Å². The minimum Gasteiger partial charge on any atom is -0.462 e. The lowest BCUT2D eigenvalue weighted by Gasteiger charge is -2.18. The van der Waals surface area contributed by atoms with Crippen molar-refractivity contribution in [1.82, 2.24) is 0 Å². The van der Waals surface area contributed by atoms with Crippen LogP contribution in [0.4, 0.5) is 0 Å². The van der Waals surface area contributed by atoms with Crippen LogP contribution in [0, 0.1) is 0 Å². The molecule has 0 radical (unpaired) electrons. The Morgan fingerprint density at radius 2 is 0.487 bits per heavy atom. The average molecular weight is 1110 g/mol. The van der Waals surface area contributed by atoms with Crippen LogP contribution in [0.1, 0.15) is 310 Å². The van der Waals surface area contributed by atoms with Gasteiger partial charge in [-0.15, -0.1) is 0 Å². The van der Waals surface area contributed by atoms with E-state index in [-0.39, 0.29) is 31.1 Å². The average Bonchev–Trinajstić information content (AvgIpc) is 3.46. The van der Waals surface area contributed by atoms with E-state index < -0.39 is 6.10 Å². The lowest BCUT2D eigenvalue weighted by atomic mass is 10.1. The summed E-state index contributed by atoms with van der Waals surface area (Å²) in [4.78, 5) is 38.3. The summed E-state index contributed by atoms with van der Waals surface area (Å²) in [6, 6.07) is 0. The second kappa shape index (κ2) is 67.3. The van der Waals surface area contributed by atoms with E-state index in [4.69, 9.17) is 14.2 Å². The first-order chi connectivity index (χ1) is 39.5. The zero-order chi connectivity index (χ0) is 57.8. The van der Waals surface area contributed by atoms with E-state index in [9.17, 15) is 14.4 Å². The zero-order valence-electron chi connectivity index (χ0n) is 52.3. The largest absolute Gasteiger partial charge is 0.462 e. The van der Waals surface area contributed by atoms with Crippen LogP contribution >= 0.6 is 0 Å². The second-order valence-electron chi connectivity index (χ2n) is 22.0. The van der Waals surface area contributed by atoms with Crippen molar-refractivity contribution in [1.29, 1.82) is 0 Å². The first kappa shape index (κ1) is 75.8. The van der Waals surface area contributed by atoms with Gasteiger partial charge in [0.2, 0.25) is 0 Å².